The number of amides is 2. The number of rotatable bonds is 4. The average molecular weight is 315 g/mol. The van der Waals surface area contributed by atoms with Gasteiger partial charge in [-0.1, -0.05) is 6.07 Å². The number of hydrogen-bond donors (Lipinski definition) is 2. The van der Waals surface area contributed by atoms with Crippen LogP contribution in [0.25, 0.3) is 0 Å². The second kappa shape index (κ2) is 6.91. The fourth-order valence-corrected chi connectivity index (χ4v) is 2.02. The van der Waals surface area contributed by atoms with Gasteiger partial charge in [0.1, 0.15) is 5.82 Å². The van der Waals surface area contributed by atoms with Gasteiger partial charge in [-0.05, 0) is 36.4 Å². The summed E-state index contributed by atoms with van der Waals surface area (Å²) in [5.74, 6) is -1.26. The van der Waals surface area contributed by atoms with Gasteiger partial charge in [0.15, 0.2) is 0 Å². The predicted molar refractivity (Wildman–Crippen MR) is 89.4 cm³/mol. The van der Waals surface area contributed by atoms with Crippen LogP contribution < -0.4 is 15.5 Å². The van der Waals surface area contributed by atoms with Gasteiger partial charge in [-0.15, -0.1) is 0 Å². The maximum atomic E-state index is 13.6. The second-order valence-corrected chi connectivity index (χ2v) is 5.27. The Bertz CT molecular complexity index is 744. The minimum absolute atomic E-state index is 0.0253. The molecule has 23 heavy (non-hydrogen) atoms. The molecule has 6 heteroatoms. The first-order valence-corrected chi connectivity index (χ1v) is 7.02. The number of carbonyl (C=O) groups excluding carboxylic acids is 2. The summed E-state index contributed by atoms with van der Waals surface area (Å²) in [7, 11) is 3.77. The molecule has 0 atom stereocenters. The van der Waals surface area contributed by atoms with Gasteiger partial charge in [0.05, 0.1) is 5.69 Å². The van der Waals surface area contributed by atoms with E-state index < -0.39 is 5.82 Å². The summed E-state index contributed by atoms with van der Waals surface area (Å²) >= 11 is 0. The Hall–Kier alpha value is -2.89. The smallest absolute Gasteiger partial charge is 0.255 e. The van der Waals surface area contributed by atoms with Crippen LogP contribution in [0.5, 0.6) is 0 Å². The van der Waals surface area contributed by atoms with Crippen molar-refractivity contribution in [3.8, 4) is 0 Å². The van der Waals surface area contributed by atoms with E-state index in [0.29, 0.717) is 11.3 Å². The Morgan fingerprint density at radius 1 is 1.04 bits per heavy atom. The molecule has 0 heterocycles. The van der Waals surface area contributed by atoms with Crippen LogP contribution in [0.4, 0.5) is 21.5 Å². The molecule has 0 spiro atoms. The minimum atomic E-state index is -0.562. The summed E-state index contributed by atoms with van der Waals surface area (Å²) in [6, 6.07) is 11.1. The van der Waals surface area contributed by atoms with Gasteiger partial charge in [-0.3, -0.25) is 9.59 Å². The molecule has 2 aromatic carbocycles. The van der Waals surface area contributed by atoms with Crippen molar-refractivity contribution in [3.63, 3.8) is 0 Å². The first-order valence-electron chi connectivity index (χ1n) is 7.02. The highest BCUT2D eigenvalue weighted by molar-refractivity contribution is 6.05. The largest absolute Gasteiger partial charge is 0.378 e. The first-order chi connectivity index (χ1) is 10.9. The summed E-state index contributed by atoms with van der Waals surface area (Å²) in [6.07, 6.45) is 0. The van der Waals surface area contributed by atoms with Crippen LogP contribution in [-0.2, 0) is 4.79 Å². The Balaban J connectivity index is 2.20. The molecule has 0 aromatic heterocycles. The van der Waals surface area contributed by atoms with Crippen LogP contribution >= 0.6 is 0 Å². The van der Waals surface area contributed by atoms with Crippen molar-refractivity contribution in [2.45, 2.75) is 6.92 Å². The van der Waals surface area contributed by atoms with Crippen molar-refractivity contribution in [2.24, 2.45) is 0 Å². The lowest BCUT2D eigenvalue weighted by Crippen LogP contribution is -2.15. The lowest BCUT2D eigenvalue weighted by Gasteiger charge is -2.14. The molecule has 0 aliphatic carbocycles. The van der Waals surface area contributed by atoms with Gasteiger partial charge in [0, 0.05) is 38.0 Å². The van der Waals surface area contributed by atoms with Crippen molar-refractivity contribution in [2.75, 3.05) is 29.6 Å². The lowest BCUT2D eigenvalue weighted by atomic mass is 10.1. The van der Waals surface area contributed by atoms with Crippen LogP contribution in [0, 0.1) is 5.82 Å². The zero-order valence-electron chi connectivity index (χ0n) is 13.2. The van der Waals surface area contributed by atoms with Gasteiger partial charge >= 0.3 is 0 Å². The molecule has 0 unspecified atom stereocenters. The molecule has 0 aliphatic rings. The van der Waals surface area contributed by atoms with E-state index in [1.807, 2.05) is 25.1 Å². The highest BCUT2D eigenvalue weighted by atomic mass is 19.1. The van der Waals surface area contributed by atoms with E-state index in [4.69, 9.17) is 0 Å². The number of halogens is 1. The van der Waals surface area contributed by atoms with Crippen LogP contribution in [0.1, 0.15) is 17.3 Å². The van der Waals surface area contributed by atoms with Crippen molar-refractivity contribution in [3.05, 3.63) is 53.8 Å². The Morgan fingerprint density at radius 3 is 2.43 bits per heavy atom. The zero-order valence-corrected chi connectivity index (χ0v) is 13.2. The Morgan fingerprint density at radius 2 is 1.78 bits per heavy atom. The fraction of sp³-hybridized carbons (Fsp3) is 0.176. The van der Waals surface area contributed by atoms with E-state index in [1.54, 1.807) is 18.2 Å². The minimum Gasteiger partial charge on any atom is -0.378 e. The Kier molecular flexibility index (Phi) is 4.95. The number of carbonyl (C=O) groups is 2. The van der Waals surface area contributed by atoms with E-state index >= 15 is 0 Å². The van der Waals surface area contributed by atoms with Crippen LogP contribution in [0.3, 0.4) is 0 Å². The number of benzene rings is 2. The van der Waals surface area contributed by atoms with Gasteiger partial charge in [-0.2, -0.15) is 0 Å². The van der Waals surface area contributed by atoms with E-state index in [1.165, 1.54) is 25.1 Å². The zero-order chi connectivity index (χ0) is 17.0. The monoisotopic (exact) mass is 315 g/mol. The fourth-order valence-electron chi connectivity index (χ4n) is 2.02. The number of nitrogens with zero attached hydrogens (tertiary/aromatic N) is 1. The lowest BCUT2D eigenvalue weighted by molar-refractivity contribution is -0.114. The molecule has 0 saturated carbocycles. The highest BCUT2D eigenvalue weighted by Gasteiger charge is 2.10. The highest BCUT2D eigenvalue weighted by Crippen LogP contribution is 2.21. The van der Waals surface area contributed by atoms with Gasteiger partial charge in [-0.25, -0.2) is 4.39 Å². The number of hydrogen-bond acceptors (Lipinski definition) is 3. The molecule has 0 aliphatic heterocycles. The molecule has 120 valence electrons. The second-order valence-electron chi connectivity index (χ2n) is 5.27. The van der Waals surface area contributed by atoms with Crippen molar-refractivity contribution in [1.82, 2.24) is 0 Å². The average Bonchev–Trinajstić information content (AvgIpc) is 2.50. The first kappa shape index (κ1) is 16.5. The van der Waals surface area contributed by atoms with Crippen molar-refractivity contribution in [1.29, 1.82) is 0 Å². The van der Waals surface area contributed by atoms with Gasteiger partial charge in [0.25, 0.3) is 5.91 Å². The summed E-state index contributed by atoms with van der Waals surface area (Å²) < 4.78 is 13.6. The van der Waals surface area contributed by atoms with Gasteiger partial charge in [0.2, 0.25) is 5.91 Å². The molecule has 5 nitrogen and oxygen atoms in total. The van der Waals surface area contributed by atoms with E-state index in [2.05, 4.69) is 10.6 Å². The molecular formula is C17H18FN3O2. The number of nitrogens with one attached hydrogen (secondary N) is 2. The summed E-state index contributed by atoms with van der Waals surface area (Å²) in [5.41, 5.74) is 1.81. The molecule has 0 radical (unpaired) electrons. The van der Waals surface area contributed by atoms with Crippen molar-refractivity contribution < 1.29 is 14.0 Å². The molecule has 0 saturated heterocycles. The normalized spacial score (nSPS) is 10.1. The van der Waals surface area contributed by atoms with Gasteiger partial charge < -0.3 is 15.5 Å². The maximum Gasteiger partial charge on any atom is 0.255 e. The predicted octanol–water partition coefficient (Wildman–Crippen LogP) is 3.10. The standard InChI is InChI=1S/C17H18FN3O2/c1-11(22)19-16-10-13(7-8-15(16)18)20-17(23)12-5-4-6-14(9-12)21(2)3/h4-10H,1-3H3,(H,19,22)(H,20,23). The third kappa shape index (κ3) is 4.29. The van der Waals surface area contributed by atoms with Crippen LogP contribution in [-0.4, -0.2) is 25.9 Å². The third-order valence-electron chi connectivity index (χ3n) is 3.16. The molecule has 2 rings (SSSR count). The molecule has 2 amide bonds. The van der Waals surface area contributed by atoms with Crippen LogP contribution in [0.2, 0.25) is 0 Å². The number of anilines is 3. The molecular weight excluding hydrogens is 297 g/mol. The van der Waals surface area contributed by atoms with Crippen LogP contribution in [0.15, 0.2) is 42.5 Å². The Labute approximate surface area is 134 Å². The summed E-state index contributed by atoms with van der Waals surface area (Å²) in [5, 5.41) is 5.07. The SMILES string of the molecule is CC(=O)Nc1cc(NC(=O)c2cccc(N(C)C)c2)ccc1F. The molecule has 2 N–H and O–H groups in total. The van der Waals surface area contributed by atoms with E-state index in [0.717, 1.165) is 5.69 Å². The third-order valence-corrected chi connectivity index (χ3v) is 3.16. The summed E-state index contributed by atoms with van der Waals surface area (Å²) in [4.78, 5) is 25.2. The molecule has 0 fully saturated rings. The summed E-state index contributed by atoms with van der Waals surface area (Å²) in [6.45, 7) is 1.29. The maximum absolute atomic E-state index is 13.6. The molecule has 0 bridgehead atoms. The van der Waals surface area contributed by atoms with E-state index in [9.17, 15) is 14.0 Å². The molecule has 2 aromatic rings. The topological polar surface area (TPSA) is 61.4 Å². The van der Waals surface area contributed by atoms with E-state index in [-0.39, 0.29) is 17.5 Å². The van der Waals surface area contributed by atoms with Crippen molar-refractivity contribution >= 4 is 28.9 Å². The quantitative estimate of drug-likeness (QED) is 0.911.